The molecule has 0 aliphatic heterocycles. The molecule has 0 fully saturated rings. The second kappa shape index (κ2) is 12.0. The Labute approximate surface area is 212 Å². The smallest absolute Gasteiger partial charge is 0.323 e. The Morgan fingerprint density at radius 3 is 2.17 bits per heavy atom. The SMILES string of the molecule is C[C@H](NC(Cc1ccc(-c2cccc(Cl)c2)cc1)C(=O)OCc1ccccc1)C(=O)OC(C)(C)C. The summed E-state index contributed by atoms with van der Waals surface area (Å²) in [7, 11) is 0. The number of ether oxygens (including phenoxy) is 2. The van der Waals surface area contributed by atoms with E-state index in [1.54, 1.807) is 6.92 Å². The van der Waals surface area contributed by atoms with Crippen molar-refractivity contribution in [2.24, 2.45) is 0 Å². The fourth-order valence-electron chi connectivity index (χ4n) is 3.54. The lowest BCUT2D eigenvalue weighted by Gasteiger charge is -2.25. The Morgan fingerprint density at radius 2 is 1.54 bits per heavy atom. The highest BCUT2D eigenvalue weighted by Gasteiger charge is 2.28. The first-order valence-corrected chi connectivity index (χ1v) is 12.0. The van der Waals surface area contributed by atoms with Crippen LogP contribution in [0.5, 0.6) is 0 Å². The molecule has 3 aromatic rings. The van der Waals surface area contributed by atoms with Crippen LogP contribution in [0.3, 0.4) is 0 Å². The Hall–Kier alpha value is -3.15. The molecule has 2 atom stereocenters. The van der Waals surface area contributed by atoms with Crippen LogP contribution in [-0.4, -0.2) is 29.6 Å². The predicted molar refractivity (Wildman–Crippen MR) is 139 cm³/mol. The van der Waals surface area contributed by atoms with E-state index in [9.17, 15) is 9.59 Å². The number of carbonyl (C=O) groups excluding carboxylic acids is 2. The molecule has 0 aromatic heterocycles. The molecular formula is C29H32ClNO4. The molecule has 0 aliphatic carbocycles. The van der Waals surface area contributed by atoms with E-state index in [1.165, 1.54) is 0 Å². The molecule has 6 heteroatoms. The lowest BCUT2D eigenvalue weighted by molar-refractivity contribution is -0.158. The Morgan fingerprint density at radius 1 is 0.857 bits per heavy atom. The van der Waals surface area contributed by atoms with Gasteiger partial charge in [-0.2, -0.15) is 0 Å². The lowest BCUT2D eigenvalue weighted by Crippen LogP contribution is -2.49. The van der Waals surface area contributed by atoms with Crippen molar-refractivity contribution in [1.82, 2.24) is 5.32 Å². The maximum absolute atomic E-state index is 13.0. The number of carbonyl (C=O) groups is 2. The van der Waals surface area contributed by atoms with Gasteiger partial charge in [-0.25, -0.2) is 0 Å². The van der Waals surface area contributed by atoms with Gasteiger partial charge in [0.05, 0.1) is 0 Å². The van der Waals surface area contributed by atoms with E-state index in [4.69, 9.17) is 21.1 Å². The average Bonchev–Trinajstić information content (AvgIpc) is 2.82. The summed E-state index contributed by atoms with van der Waals surface area (Å²) in [6, 6.07) is 23.6. The molecule has 0 saturated heterocycles. The molecule has 0 amide bonds. The summed E-state index contributed by atoms with van der Waals surface area (Å²) < 4.78 is 11.1. The third kappa shape index (κ3) is 8.53. The second-order valence-electron chi connectivity index (χ2n) is 9.48. The van der Waals surface area contributed by atoms with Gasteiger partial charge in [0.2, 0.25) is 0 Å². The zero-order valence-corrected chi connectivity index (χ0v) is 21.3. The van der Waals surface area contributed by atoms with Crippen LogP contribution < -0.4 is 5.32 Å². The highest BCUT2D eigenvalue weighted by atomic mass is 35.5. The van der Waals surface area contributed by atoms with E-state index in [0.29, 0.717) is 11.4 Å². The predicted octanol–water partition coefficient (Wildman–Crippen LogP) is 5.98. The number of nitrogens with one attached hydrogen (secondary N) is 1. The lowest BCUT2D eigenvalue weighted by atomic mass is 10.00. The third-order valence-electron chi connectivity index (χ3n) is 5.27. The molecule has 184 valence electrons. The first-order valence-electron chi connectivity index (χ1n) is 11.6. The highest BCUT2D eigenvalue weighted by Crippen LogP contribution is 2.23. The van der Waals surface area contributed by atoms with Gasteiger partial charge in [-0.1, -0.05) is 78.3 Å². The van der Waals surface area contributed by atoms with E-state index >= 15 is 0 Å². The first kappa shape index (κ1) is 26.5. The highest BCUT2D eigenvalue weighted by molar-refractivity contribution is 6.30. The Bertz CT molecular complexity index is 1120. The number of hydrogen-bond donors (Lipinski definition) is 1. The van der Waals surface area contributed by atoms with Gasteiger partial charge in [0, 0.05) is 5.02 Å². The van der Waals surface area contributed by atoms with Crippen LogP contribution in [0.15, 0.2) is 78.9 Å². The fraction of sp³-hybridized carbons (Fsp3) is 0.310. The summed E-state index contributed by atoms with van der Waals surface area (Å²) in [6.45, 7) is 7.28. The van der Waals surface area contributed by atoms with Gasteiger partial charge in [-0.05, 0) is 68.5 Å². The minimum Gasteiger partial charge on any atom is -0.460 e. The van der Waals surface area contributed by atoms with Gasteiger partial charge in [0.25, 0.3) is 0 Å². The molecule has 1 N–H and O–H groups in total. The Kier molecular flexibility index (Phi) is 9.07. The van der Waals surface area contributed by atoms with E-state index in [2.05, 4.69) is 5.32 Å². The zero-order chi connectivity index (χ0) is 25.4. The van der Waals surface area contributed by atoms with Crippen molar-refractivity contribution in [1.29, 1.82) is 0 Å². The summed E-state index contributed by atoms with van der Waals surface area (Å²) in [5.41, 5.74) is 3.24. The van der Waals surface area contributed by atoms with Crippen LogP contribution in [0.1, 0.15) is 38.8 Å². The van der Waals surface area contributed by atoms with Crippen molar-refractivity contribution in [3.8, 4) is 11.1 Å². The van der Waals surface area contributed by atoms with Gasteiger partial charge >= 0.3 is 11.9 Å². The molecular weight excluding hydrogens is 462 g/mol. The molecule has 5 nitrogen and oxygen atoms in total. The summed E-state index contributed by atoms with van der Waals surface area (Å²) in [6.07, 6.45) is 0.358. The number of rotatable bonds is 9. The first-order chi connectivity index (χ1) is 16.6. The van der Waals surface area contributed by atoms with Crippen molar-refractivity contribution < 1.29 is 19.1 Å². The van der Waals surface area contributed by atoms with Crippen LogP contribution in [0.25, 0.3) is 11.1 Å². The third-order valence-corrected chi connectivity index (χ3v) is 5.51. The van der Waals surface area contributed by atoms with E-state index in [0.717, 1.165) is 22.3 Å². The molecule has 3 rings (SSSR count). The summed E-state index contributed by atoms with van der Waals surface area (Å²) in [4.78, 5) is 25.6. The summed E-state index contributed by atoms with van der Waals surface area (Å²) >= 11 is 6.12. The zero-order valence-electron chi connectivity index (χ0n) is 20.6. The standard InChI is InChI=1S/C29H32ClNO4/c1-20(27(32)35-29(2,3)4)31-26(28(33)34-19-22-9-6-5-7-10-22)17-21-13-15-23(16-14-21)24-11-8-12-25(30)18-24/h5-16,18,20,26,31H,17,19H2,1-4H3/t20-,26?/m0/s1. The van der Waals surface area contributed by atoms with Gasteiger partial charge in [-0.3, -0.25) is 14.9 Å². The minimum absolute atomic E-state index is 0.159. The van der Waals surface area contributed by atoms with Crippen molar-refractivity contribution in [2.45, 2.75) is 58.4 Å². The van der Waals surface area contributed by atoms with E-state index in [1.807, 2.05) is 99.6 Å². The molecule has 0 heterocycles. The number of hydrogen-bond acceptors (Lipinski definition) is 5. The van der Waals surface area contributed by atoms with Crippen molar-refractivity contribution in [2.75, 3.05) is 0 Å². The van der Waals surface area contributed by atoms with E-state index in [-0.39, 0.29) is 6.61 Å². The van der Waals surface area contributed by atoms with Crippen LogP contribution in [0.2, 0.25) is 5.02 Å². The van der Waals surface area contributed by atoms with Gasteiger partial charge in [0.15, 0.2) is 0 Å². The maximum atomic E-state index is 13.0. The molecule has 3 aromatic carbocycles. The monoisotopic (exact) mass is 493 g/mol. The van der Waals surface area contributed by atoms with Crippen LogP contribution in [-0.2, 0) is 32.1 Å². The normalized spacial score (nSPS) is 13.1. The molecule has 0 aliphatic rings. The molecule has 0 bridgehead atoms. The molecule has 1 unspecified atom stereocenters. The summed E-state index contributed by atoms with van der Waals surface area (Å²) in [5, 5.41) is 3.79. The molecule has 0 spiro atoms. The molecule has 0 radical (unpaired) electrons. The van der Waals surface area contributed by atoms with Crippen molar-refractivity contribution in [3.63, 3.8) is 0 Å². The largest absolute Gasteiger partial charge is 0.460 e. The van der Waals surface area contributed by atoms with Crippen molar-refractivity contribution >= 4 is 23.5 Å². The second-order valence-corrected chi connectivity index (χ2v) is 9.92. The van der Waals surface area contributed by atoms with Gasteiger partial charge in [0.1, 0.15) is 24.3 Å². The maximum Gasteiger partial charge on any atom is 0.323 e. The Balaban J connectivity index is 1.73. The minimum atomic E-state index is -0.724. The van der Waals surface area contributed by atoms with Crippen LogP contribution in [0.4, 0.5) is 0 Å². The molecule has 35 heavy (non-hydrogen) atoms. The van der Waals surface area contributed by atoms with Crippen LogP contribution >= 0.6 is 11.6 Å². The van der Waals surface area contributed by atoms with E-state index < -0.39 is 29.6 Å². The quantitative estimate of drug-likeness (QED) is 0.371. The molecule has 0 saturated carbocycles. The van der Waals surface area contributed by atoms with Crippen molar-refractivity contribution in [3.05, 3.63) is 95.0 Å². The van der Waals surface area contributed by atoms with Crippen LogP contribution in [0, 0.1) is 0 Å². The topological polar surface area (TPSA) is 64.6 Å². The number of halogens is 1. The fourth-order valence-corrected chi connectivity index (χ4v) is 3.73. The average molecular weight is 494 g/mol. The number of esters is 2. The van der Waals surface area contributed by atoms with Gasteiger partial charge in [-0.15, -0.1) is 0 Å². The van der Waals surface area contributed by atoms with Gasteiger partial charge < -0.3 is 9.47 Å². The number of benzene rings is 3. The summed E-state index contributed by atoms with van der Waals surface area (Å²) in [5.74, 6) is -0.849.